The Bertz CT molecular complexity index is 581. The third-order valence-corrected chi connectivity index (χ3v) is 7.27. The van der Waals surface area contributed by atoms with E-state index in [1.54, 1.807) is 0 Å². The highest BCUT2D eigenvalue weighted by Crippen LogP contribution is 2.20. The Balaban J connectivity index is 0.00000126. The lowest BCUT2D eigenvalue weighted by Crippen LogP contribution is -2.51. The van der Waals surface area contributed by atoms with Crippen molar-refractivity contribution >= 4 is 16.2 Å². The molecule has 1 atom stereocenters. The zero-order valence-electron chi connectivity index (χ0n) is 22.3. The molecule has 0 amide bonds. The minimum atomic E-state index is -4.42. The summed E-state index contributed by atoms with van der Waals surface area (Å²) in [5.74, 6) is 1.47. The molecule has 0 fully saturated rings. The lowest BCUT2D eigenvalue weighted by Gasteiger charge is -2.33. The zero-order chi connectivity index (χ0) is 24.8. The molecule has 1 aliphatic heterocycles. The van der Waals surface area contributed by atoms with Gasteiger partial charge in [0, 0.05) is 6.42 Å². The van der Waals surface area contributed by atoms with Crippen LogP contribution in [0, 0.1) is 0 Å². The van der Waals surface area contributed by atoms with Gasteiger partial charge in [0.1, 0.15) is 6.54 Å². The fourth-order valence-corrected chi connectivity index (χ4v) is 5.06. The molecule has 33 heavy (non-hydrogen) atoms. The van der Waals surface area contributed by atoms with Crippen LogP contribution in [0.5, 0.6) is 0 Å². The summed E-state index contributed by atoms with van der Waals surface area (Å²) < 4.78 is 33.2. The molecule has 0 spiro atoms. The van der Waals surface area contributed by atoms with Crippen LogP contribution in [0.3, 0.4) is 0 Å². The van der Waals surface area contributed by atoms with E-state index in [0.29, 0.717) is 0 Å². The summed E-state index contributed by atoms with van der Waals surface area (Å²) >= 11 is 0. The van der Waals surface area contributed by atoms with Gasteiger partial charge in [0.25, 0.3) is 0 Å². The highest BCUT2D eigenvalue weighted by atomic mass is 32.3. The summed E-state index contributed by atoms with van der Waals surface area (Å²) in [5.41, 5.74) is 0. The van der Waals surface area contributed by atoms with Gasteiger partial charge < -0.3 is 4.55 Å². The standard InChI is InChI=1S/C24H49N2.C2H6O4S/c1-4-7-8-9-10-11-12-13-14-15-16-17-18-19-20-22-26(6-3)23-21-25-24(26)5-2;1-2-6-7(3,4)5/h4-23H2,1-3H3;2H2,1H3,(H,3,4,5)/q+1;/p-1. The molecule has 1 unspecified atom stereocenters. The molecule has 1 aliphatic rings. The van der Waals surface area contributed by atoms with Crippen molar-refractivity contribution in [1.82, 2.24) is 0 Å². The molecule has 0 N–H and O–H groups in total. The van der Waals surface area contributed by atoms with Crippen LogP contribution in [0.15, 0.2) is 4.99 Å². The van der Waals surface area contributed by atoms with Crippen molar-refractivity contribution in [3.05, 3.63) is 0 Å². The lowest BCUT2D eigenvalue weighted by atomic mass is 10.0. The molecule has 7 heteroatoms. The predicted molar refractivity (Wildman–Crippen MR) is 139 cm³/mol. The van der Waals surface area contributed by atoms with Gasteiger partial charge in [-0.05, 0) is 26.7 Å². The second kappa shape index (κ2) is 20.8. The molecule has 0 aromatic rings. The van der Waals surface area contributed by atoms with E-state index in [0.717, 1.165) is 13.0 Å². The van der Waals surface area contributed by atoms with E-state index in [-0.39, 0.29) is 6.61 Å². The molecule has 0 bridgehead atoms. The molecule has 0 aliphatic carbocycles. The van der Waals surface area contributed by atoms with E-state index in [1.165, 1.54) is 133 Å². The maximum absolute atomic E-state index is 9.45. The molecule has 1 heterocycles. The Morgan fingerprint density at radius 2 is 1.24 bits per heavy atom. The average molecular weight is 491 g/mol. The smallest absolute Gasteiger partial charge is 0.217 e. The van der Waals surface area contributed by atoms with Crippen molar-refractivity contribution in [2.45, 2.75) is 130 Å². The number of hydrogen-bond donors (Lipinski definition) is 0. The predicted octanol–water partition coefficient (Wildman–Crippen LogP) is 7.00. The molecule has 198 valence electrons. The number of nitrogens with zero attached hydrogens (tertiary/aromatic N) is 2. The van der Waals surface area contributed by atoms with Crippen LogP contribution in [-0.2, 0) is 14.6 Å². The Morgan fingerprint density at radius 1 is 0.788 bits per heavy atom. The first-order valence-corrected chi connectivity index (χ1v) is 15.2. The summed E-state index contributed by atoms with van der Waals surface area (Å²) in [6.45, 7) is 13.2. The quantitative estimate of drug-likeness (QED) is 0.0796. The van der Waals surface area contributed by atoms with Gasteiger partial charge in [-0.1, -0.05) is 97.3 Å². The Kier molecular flexibility index (Phi) is 20.5. The first-order valence-electron chi connectivity index (χ1n) is 13.8. The minimum absolute atomic E-state index is 0.0914. The second-order valence-corrected chi connectivity index (χ2v) is 10.4. The van der Waals surface area contributed by atoms with Crippen molar-refractivity contribution in [2.24, 2.45) is 4.99 Å². The van der Waals surface area contributed by atoms with E-state index >= 15 is 0 Å². The van der Waals surface area contributed by atoms with Gasteiger partial charge >= 0.3 is 0 Å². The zero-order valence-corrected chi connectivity index (χ0v) is 23.1. The van der Waals surface area contributed by atoms with E-state index in [9.17, 15) is 13.0 Å². The summed E-state index contributed by atoms with van der Waals surface area (Å²) in [6, 6.07) is 0. The number of hydrogen-bond acceptors (Lipinski definition) is 5. The third-order valence-electron chi connectivity index (χ3n) is 6.74. The van der Waals surface area contributed by atoms with E-state index < -0.39 is 10.4 Å². The molecule has 0 aromatic heterocycles. The summed E-state index contributed by atoms with van der Waals surface area (Å²) in [7, 11) is -4.42. The SMILES string of the molecule is CCCCCCCCCCCCCCCCC[N+]1(CC)CCN=C1CC.CCOS(=O)(=O)[O-]. The Morgan fingerprint density at radius 3 is 1.58 bits per heavy atom. The molecule has 0 saturated heterocycles. The van der Waals surface area contributed by atoms with Crippen molar-refractivity contribution in [3.63, 3.8) is 0 Å². The van der Waals surface area contributed by atoms with Gasteiger partial charge in [0.15, 0.2) is 5.84 Å². The van der Waals surface area contributed by atoms with Crippen LogP contribution in [0.4, 0.5) is 0 Å². The Hall–Kier alpha value is -0.500. The summed E-state index contributed by atoms with van der Waals surface area (Å²) in [6.07, 6.45) is 22.9. The summed E-state index contributed by atoms with van der Waals surface area (Å²) in [4.78, 5) is 4.76. The van der Waals surface area contributed by atoms with E-state index in [2.05, 4.69) is 25.0 Å². The van der Waals surface area contributed by atoms with Crippen molar-refractivity contribution in [2.75, 3.05) is 32.8 Å². The van der Waals surface area contributed by atoms with Crippen molar-refractivity contribution in [1.29, 1.82) is 0 Å². The number of likely N-dealkylation sites (N-methyl/N-ethyl adjacent to an activating group) is 1. The van der Waals surface area contributed by atoms with Gasteiger partial charge in [-0.2, -0.15) is 0 Å². The number of rotatable bonds is 20. The number of unbranched alkanes of at least 4 members (excludes halogenated alkanes) is 14. The van der Waals surface area contributed by atoms with Crippen molar-refractivity contribution in [3.8, 4) is 0 Å². The van der Waals surface area contributed by atoms with Crippen molar-refractivity contribution < 1.29 is 21.6 Å². The minimum Gasteiger partial charge on any atom is -0.726 e. The third kappa shape index (κ3) is 17.6. The maximum Gasteiger partial charge on any atom is 0.217 e. The molecule has 0 radical (unpaired) electrons. The fraction of sp³-hybridized carbons (Fsp3) is 0.962. The highest BCUT2D eigenvalue weighted by molar-refractivity contribution is 7.80. The first kappa shape index (κ1) is 32.5. The van der Waals surface area contributed by atoms with Crippen LogP contribution in [-0.4, -0.2) is 56.1 Å². The van der Waals surface area contributed by atoms with Crippen LogP contribution in [0.1, 0.15) is 130 Å². The topological polar surface area (TPSA) is 78.8 Å². The van der Waals surface area contributed by atoms with Crippen LogP contribution < -0.4 is 0 Å². The Labute approximate surface area is 206 Å². The van der Waals surface area contributed by atoms with Crippen LogP contribution >= 0.6 is 0 Å². The maximum atomic E-state index is 9.45. The average Bonchev–Trinajstić information content (AvgIpc) is 3.19. The molecule has 0 saturated carbocycles. The molecule has 0 aromatic carbocycles. The lowest BCUT2D eigenvalue weighted by molar-refractivity contribution is -0.834. The molecular weight excluding hydrogens is 436 g/mol. The van der Waals surface area contributed by atoms with Gasteiger partial charge in [-0.15, -0.1) is 0 Å². The summed E-state index contributed by atoms with van der Waals surface area (Å²) in [5, 5.41) is 0. The normalized spacial score (nSPS) is 18.2. The first-order chi connectivity index (χ1) is 15.8. The van der Waals surface area contributed by atoms with Crippen LogP contribution in [0.25, 0.3) is 0 Å². The van der Waals surface area contributed by atoms with Gasteiger partial charge in [0.05, 0.1) is 26.2 Å². The van der Waals surface area contributed by atoms with E-state index in [4.69, 9.17) is 4.99 Å². The number of aliphatic imine (C=N–C) groups is 1. The van der Waals surface area contributed by atoms with E-state index in [1.807, 2.05) is 0 Å². The van der Waals surface area contributed by atoms with Gasteiger partial charge in [-0.25, -0.2) is 13.4 Å². The van der Waals surface area contributed by atoms with Gasteiger partial charge in [-0.3, -0.25) is 8.67 Å². The number of quaternary nitrogens is 1. The molecular formula is C26H54N2O4S. The highest BCUT2D eigenvalue weighted by Gasteiger charge is 2.34. The monoisotopic (exact) mass is 490 g/mol. The number of amidine groups is 1. The second-order valence-electron chi connectivity index (χ2n) is 9.32. The van der Waals surface area contributed by atoms with Crippen LogP contribution in [0.2, 0.25) is 0 Å². The molecule has 6 nitrogen and oxygen atoms in total. The van der Waals surface area contributed by atoms with Gasteiger partial charge in [0.2, 0.25) is 10.4 Å². The largest absolute Gasteiger partial charge is 0.726 e. The molecule has 1 rings (SSSR count). The fourth-order valence-electron chi connectivity index (χ4n) is 4.77.